The second-order valence-corrected chi connectivity index (χ2v) is 4.55. The van der Waals surface area contributed by atoms with Gasteiger partial charge in [-0.1, -0.05) is 18.2 Å². The van der Waals surface area contributed by atoms with Crippen molar-refractivity contribution in [2.45, 2.75) is 13.0 Å². The van der Waals surface area contributed by atoms with Gasteiger partial charge in [-0.05, 0) is 13.0 Å². The van der Waals surface area contributed by atoms with Gasteiger partial charge >= 0.3 is 0 Å². The normalized spacial score (nSPS) is 20.8. The largest absolute Gasteiger partial charge is 0.367 e. The van der Waals surface area contributed by atoms with E-state index >= 15 is 0 Å². The van der Waals surface area contributed by atoms with Gasteiger partial charge in [0.15, 0.2) is 0 Å². The van der Waals surface area contributed by atoms with Gasteiger partial charge in [-0.25, -0.2) is 0 Å². The molecule has 1 aromatic carbocycles. The van der Waals surface area contributed by atoms with Crippen LogP contribution in [0.2, 0.25) is 0 Å². The standard InChI is InChI=1S/C13H16N4/c1-10-9-17(7-6-14-10)13-8-15-16-12-5-3-2-4-11(12)13/h2-5,8,10,14H,6-7,9H2,1H3. The summed E-state index contributed by atoms with van der Waals surface area (Å²) in [6.07, 6.45) is 1.88. The van der Waals surface area contributed by atoms with Crippen molar-refractivity contribution in [1.29, 1.82) is 0 Å². The highest BCUT2D eigenvalue weighted by atomic mass is 15.2. The van der Waals surface area contributed by atoms with Gasteiger partial charge in [-0.15, -0.1) is 0 Å². The Hall–Kier alpha value is -1.68. The van der Waals surface area contributed by atoms with Gasteiger partial charge in [0, 0.05) is 31.1 Å². The molecule has 4 nitrogen and oxygen atoms in total. The lowest BCUT2D eigenvalue weighted by Crippen LogP contribution is -2.49. The summed E-state index contributed by atoms with van der Waals surface area (Å²) >= 11 is 0. The van der Waals surface area contributed by atoms with Crippen LogP contribution in [0.5, 0.6) is 0 Å². The minimum atomic E-state index is 0.524. The van der Waals surface area contributed by atoms with Crippen LogP contribution in [0.1, 0.15) is 6.92 Å². The lowest BCUT2D eigenvalue weighted by atomic mass is 10.1. The molecule has 0 radical (unpaired) electrons. The van der Waals surface area contributed by atoms with E-state index in [1.165, 1.54) is 11.1 Å². The molecule has 2 heterocycles. The highest BCUT2D eigenvalue weighted by molar-refractivity contribution is 5.90. The third-order valence-electron chi connectivity index (χ3n) is 3.23. The molecular formula is C13H16N4. The van der Waals surface area contributed by atoms with Gasteiger partial charge in [0.2, 0.25) is 0 Å². The van der Waals surface area contributed by atoms with Crippen LogP contribution < -0.4 is 10.2 Å². The average Bonchev–Trinajstić information content (AvgIpc) is 2.38. The van der Waals surface area contributed by atoms with Crippen molar-refractivity contribution >= 4 is 16.6 Å². The van der Waals surface area contributed by atoms with Crippen molar-refractivity contribution in [3.8, 4) is 0 Å². The summed E-state index contributed by atoms with van der Waals surface area (Å²) in [7, 11) is 0. The SMILES string of the molecule is CC1CN(c2cnnc3ccccc23)CCN1. The molecule has 0 amide bonds. The molecule has 1 aliphatic heterocycles. The van der Waals surface area contributed by atoms with Gasteiger partial charge in [-0.3, -0.25) is 0 Å². The predicted molar refractivity (Wildman–Crippen MR) is 69.2 cm³/mol. The summed E-state index contributed by atoms with van der Waals surface area (Å²) < 4.78 is 0. The maximum absolute atomic E-state index is 4.16. The van der Waals surface area contributed by atoms with Crippen LogP contribution in [-0.4, -0.2) is 35.9 Å². The molecule has 1 aromatic heterocycles. The van der Waals surface area contributed by atoms with Crippen LogP contribution in [0.25, 0.3) is 10.9 Å². The first kappa shape index (κ1) is 10.5. The molecule has 88 valence electrons. The summed E-state index contributed by atoms with van der Waals surface area (Å²) in [4.78, 5) is 2.39. The van der Waals surface area contributed by atoms with Crippen molar-refractivity contribution < 1.29 is 0 Å². The van der Waals surface area contributed by atoms with Crippen molar-refractivity contribution in [1.82, 2.24) is 15.5 Å². The number of benzene rings is 1. The quantitative estimate of drug-likeness (QED) is 0.801. The lowest BCUT2D eigenvalue weighted by molar-refractivity contribution is 0.485. The Morgan fingerprint density at radius 1 is 1.35 bits per heavy atom. The van der Waals surface area contributed by atoms with Crippen LogP contribution in [0.4, 0.5) is 5.69 Å². The summed E-state index contributed by atoms with van der Waals surface area (Å²) in [5, 5.41) is 12.9. The van der Waals surface area contributed by atoms with Gasteiger partial charge in [0.25, 0.3) is 0 Å². The summed E-state index contributed by atoms with van der Waals surface area (Å²) in [5.41, 5.74) is 2.17. The molecular weight excluding hydrogens is 212 g/mol. The molecule has 1 fully saturated rings. The monoisotopic (exact) mass is 228 g/mol. The molecule has 1 aliphatic rings. The van der Waals surface area contributed by atoms with Crippen molar-refractivity contribution in [3.05, 3.63) is 30.5 Å². The minimum Gasteiger partial charge on any atom is -0.367 e. The van der Waals surface area contributed by atoms with E-state index in [0.717, 1.165) is 25.2 Å². The first-order valence-corrected chi connectivity index (χ1v) is 6.03. The Balaban J connectivity index is 2.04. The fourth-order valence-electron chi connectivity index (χ4n) is 2.40. The zero-order valence-corrected chi connectivity index (χ0v) is 9.93. The van der Waals surface area contributed by atoms with Crippen LogP contribution >= 0.6 is 0 Å². The Bertz CT molecular complexity index is 520. The average molecular weight is 228 g/mol. The number of nitrogens with one attached hydrogen (secondary N) is 1. The minimum absolute atomic E-state index is 0.524. The van der Waals surface area contributed by atoms with Gasteiger partial charge in [0.1, 0.15) is 0 Å². The Morgan fingerprint density at radius 3 is 3.12 bits per heavy atom. The maximum Gasteiger partial charge on any atom is 0.0950 e. The van der Waals surface area contributed by atoms with Crippen LogP contribution in [-0.2, 0) is 0 Å². The molecule has 0 spiro atoms. The van der Waals surface area contributed by atoms with Gasteiger partial charge in [0.05, 0.1) is 17.4 Å². The van der Waals surface area contributed by atoms with E-state index in [-0.39, 0.29) is 0 Å². The van der Waals surface area contributed by atoms with E-state index in [2.05, 4.69) is 39.5 Å². The van der Waals surface area contributed by atoms with E-state index in [1.807, 2.05) is 18.3 Å². The molecule has 4 heteroatoms. The number of aromatic nitrogens is 2. The number of piperazine rings is 1. The molecule has 1 unspecified atom stereocenters. The molecule has 0 bridgehead atoms. The highest BCUT2D eigenvalue weighted by Gasteiger charge is 2.17. The van der Waals surface area contributed by atoms with Crippen LogP contribution in [0.3, 0.4) is 0 Å². The molecule has 1 saturated heterocycles. The topological polar surface area (TPSA) is 41.1 Å². The molecule has 3 rings (SSSR count). The van der Waals surface area contributed by atoms with E-state index in [1.54, 1.807) is 0 Å². The molecule has 17 heavy (non-hydrogen) atoms. The number of hydrogen-bond acceptors (Lipinski definition) is 4. The van der Waals surface area contributed by atoms with Crippen LogP contribution in [0, 0.1) is 0 Å². The number of fused-ring (bicyclic) bond motifs is 1. The molecule has 0 aliphatic carbocycles. The Labute approximate surface area is 101 Å². The van der Waals surface area contributed by atoms with Gasteiger partial charge < -0.3 is 10.2 Å². The maximum atomic E-state index is 4.16. The number of anilines is 1. The third kappa shape index (κ3) is 1.96. The van der Waals surface area contributed by atoms with Crippen LogP contribution in [0.15, 0.2) is 30.5 Å². The molecule has 2 aromatic rings. The fourth-order valence-corrected chi connectivity index (χ4v) is 2.40. The van der Waals surface area contributed by atoms with E-state index < -0.39 is 0 Å². The fraction of sp³-hybridized carbons (Fsp3) is 0.385. The lowest BCUT2D eigenvalue weighted by Gasteiger charge is -2.33. The second-order valence-electron chi connectivity index (χ2n) is 4.55. The summed E-state index contributed by atoms with van der Waals surface area (Å²) in [6.45, 7) is 5.29. The molecule has 1 N–H and O–H groups in total. The number of rotatable bonds is 1. The van der Waals surface area contributed by atoms with Gasteiger partial charge in [-0.2, -0.15) is 10.2 Å². The summed E-state index contributed by atoms with van der Waals surface area (Å²) in [6, 6.07) is 8.71. The van der Waals surface area contributed by atoms with Crippen molar-refractivity contribution in [3.63, 3.8) is 0 Å². The molecule has 0 saturated carbocycles. The predicted octanol–water partition coefficient (Wildman–Crippen LogP) is 1.43. The second kappa shape index (κ2) is 4.30. The van der Waals surface area contributed by atoms with Crippen molar-refractivity contribution in [2.75, 3.05) is 24.5 Å². The van der Waals surface area contributed by atoms with Crippen molar-refractivity contribution in [2.24, 2.45) is 0 Å². The third-order valence-corrected chi connectivity index (χ3v) is 3.23. The zero-order valence-electron chi connectivity index (χ0n) is 9.93. The first-order valence-electron chi connectivity index (χ1n) is 6.03. The Kier molecular flexibility index (Phi) is 2.65. The zero-order chi connectivity index (χ0) is 11.7. The highest BCUT2D eigenvalue weighted by Crippen LogP contribution is 2.24. The number of nitrogens with zero attached hydrogens (tertiary/aromatic N) is 3. The smallest absolute Gasteiger partial charge is 0.0950 e. The summed E-state index contributed by atoms with van der Waals surface area (Å²) in [5.74, 6) is 0. The van der Waals surface area contributed by atoms with E-state index in [9.17, 15) is 0 Å². The molecule has 1 atom stereocenters. The van der Waals surface area contributed by atoms with E-state index in [0.29, 0.717) is 6.04 Å². The first-order chi connectivity index (χ1) is 8.34. The Morgan fingerprint density at radius 2 is 2.24 bits per heavy atom. The van der Waals surface area contributed by atoms with E-state index in [4.69, 9.17) is 0 Å². The number of hydrogen-bond donors (Lipinski definition) is 1.